The molecule has 0 saturated carbocycles. The fourth-order valence-electron chi connectivity index (χ4n) is 1.28. The summed E-state index contributed by atoms with van der Waals surface area (Å²) in [5.74, 6) is -0.723. The van der Waals surface area contributed by atoms with Crippen LogP contribution in [0.5, 0.6) is 0 Å². The minimum absolute atomic E-state index is 0.105. The first-order chi connectivity index (χ1) is 8.33. The van der Waals surface area contributed by atoms with Gasteiger partial charge in [0, 0.05) is 6.54 Å². The van der Waals surface area contributed by atoms with Crippen molar-refractivity contribution in [2.75, 3.05) is 30.5 Å². The van der Waals surface area contributed by atoms with Gasteiger partial charge in [-0.25, -0.2) is 18.4 Å². The number of anilines is 2. The van der Waals surface area contributed by atoms with Gasteiger partial charge < -0.3 is 15.8 Å². The van der Waals surface area contributed by atoms with Crippen LogP contribution in [0.3, 0.4) is 0 Å². The zero-order valence-electron chi connectivity index (χ0n) is 9.84. The van der Waals surface area contributed by atoms with E-state index in [-0.39, 0.29) is 12.3 Å². The molecule has 1 aromatic carbocycles. The van der Waals surface area contributed by atoms with Crippen molar-refractivity contribution in [3.63, 3.8) is 0 Å². The van der Waals surface area contributed by atoms with Crippen LogP contribution in [0.1, 0.15) is 10.4 Å². The molecule has 0 fully saturated rings. The fraction of sp³-hybridized carbons (Fsp3) is 0.300. The molecular formula is C10H15N3O4S. The van der Waals surface area contributed by atoms with Crippen LogP contribution in [0.15, 0.2) is 18.2 Å². The van der Waals surface area contributed by atoms with Crippen LogP contribution in [0, 0.1) is 0 Å². The van der Waals surface area contributed by atoms with Gasteiger partial charge in [-0.2, -0.15) is 0 Å². The van der Waals surface area contributed by atoms with Crippen LogP contribution in [-0.4, -0.2) is 33.8 Å². The Morgan fingerprint density at radius 3 is 2.67 bits per heavy atom. The molecular weight excluding hydrogens is 258 g/mol. The van der Waals surface area contributed by atoms with E-state index in [0.29, 0.717) is 16.9 Å². The minimum Gasteiger partial charge on any atom is -0.465 e. The van der Waals surface area contributed by atoms with Crippen LogP contribution in [0.4, 0.5) is 11.4 Å². The zero-order valence-corrected chi connectivity index (χ0v) is 10.7. The summed E-state index contributed by atoms with van der Waals surface area (Å²) in [6, 6.07) is 4.54. The number of hydrogen-bond acceptors (Lipinski definition) is 6. The molecule has 7 nitrogen and oxygen atoms in total. The number of nitrogen functional groups attached to an aromatic ring is 1. The van der Waals surface area contributed by atoms with E-state index < -0.39 is 16.0 Å². The summed E-state index contributed by atoms with van der Waals surface area (Å²) in [7, 11) is -2.26. The topological polar surface area (TPSA) is 125 Å². The molecule has 0 aliphatic rings. The van der Waals surface area contributed by atoms with Crippen LogP contribution >= 0.6 is 0 Å². The largest absolute Gasteiger partial charge is 0.465 e. The summed E-state index contributed by atoms with van der Waals surface area (Å²) < 4.78 is 26.1. The van der Waals surface area contributed by atoms with E-state index in [2.05, 4.69) is 10.1 Å². The van der Waals surface area contributed by atoms with Gasteiger partial charge in [-0.1, -0.05) is 0 Å². The highest BCUT2D eigenvalue weighted by molar-refractivity contribution is 7.89. The first-order valence-electron chi connectivity index (χ1n) is 5.05. The van der Waals surface area contributed by atoms with E-state index in [1.165, 1.54) is 25.3 Å². The van der Waals surface area contributed by atoms with Gasteiger partial charge in [-0.15, -0.1) is 0 Å². The van der Waals surface area contributed by atoms with E-state index in [4.69, 9.17) is 10.9 Å². The second-order valence-corrected chi connectivity index (χ2v) is 5.32. The smallest absolute Gasteiger partial charge is 0.337 e. The van der Waals surface area contributed by atoms with Gasteiger partial charge in [0.25, 0.3) is 0 Å². The van der Waals surface area contributed by atoms with Crippen molar-refractivity contribution in [1.82, 2.24) is 0 Å². The molecule has 18 heavy (non-hydrogen) atoms. The maximum atomic E-state index is 11.3. The van der Waals surface area contributed by atoms with E-state index in [1.54, 1.807) is 0 Å². The molecule has 0 aliphatic carbocycles. The summed E-state index contributed by atoms with van der Waals surface area (Å²) in [5, 5.41) is 7.66. The molecule has 0 aliphatic heterocycles. The van der Waals surface area contributed by atoms with Gasteiger partial charge in [-0.05, 0) is 18.2 Å². The highest BCUT2D eigenvalue weighted by Crippen LogP contribution is 2.20. The number of hydrogen-bond donors (Lipinski definition) is 3. The molecule has 0 radical (unpaired) electrons. The lowest BCUT2D eigenvalue weighted by Gasteiger charge is -2.10. The molecule has 5 N–H and O–H groups in total. The second kappa shape index (κ2) is 5.69. The number of methoxy groups -OCH3 is 1. The van der Waals surface area contributed by atoms with E-state index in [1.807, 2.05) is 0 Å². The summed E-state index contributed by atoms with van der Waals surface area (Å²) in [5.41, 5.74) is 6.87. The predicted octanol–water partition coefficient (Wildman–Crippen LogP) is -0.244. The van der Waals surface area contributed by atoms with Crippen molar-refractivity contribution in [3.8, 4) is 0 Å². The van der Waals surface area contributed by atoms with Gasteiger partial charge in [0.05, 0.1) is 29.8 Å². The van der Waals surface area contributed by atoms with Crippen molar-refractivity contribution < 1.29 is 17.9 Å². The van der Waals surface area contributed by atoms with Crippen molar-refractivity contribution in [2.45, 2.75) is 0 Å². The Morgan fingerprint density at radius 1 is 1.44 bits per heavy atom. The molecule has 0 atom stereocenters. The van der Waals surface area contributed by atoms with Crippen LogP contribution < -0.4 is 16.2 Å². The number of carbonyl (C=O) groups is 1. The first-order valence-corrected chi connectivity index (χ1v) is 6.77. The number of nitrogens with one attached hydrogen (secondary N) is 1. The number of primary sulfonamides is 1. The monoisotopic (exact) mass is 273 g/mol. The van der Waals surface area contributed by atoms with Crippen molar-refractivity contribution >= 4 is 27.4 Å². The third-order valence-electron chi connectivity index (χ3n) is 2.18. The molecule has 1 aromatic rings. The van der Waals surface area contributed by atoms with Crippen LogP contribution in [0.25, 0.3) is 0 Å². The van der Waals surface area contributed by atoms with Gasteiger partial charge in [-0.3, -0.25) is 0 Å². The molecule has 0 unspecified atom stereocenters. The number of ether oxygens (including phenoxy) is 1. The quantitative estimate of drug-likeness (QED) is 0.502. The molecule has 1 rings (SSSR count). The summed E-state index contributed by atoms with van der Waals surface area (Å²) in [6.07, 6.45) is 0. The molecule has 0 spiro atoms. The first kappa shape index (κ1) is 14.3. The lowest BCUT2D eigenvalue weighted by atomic mass is 10.1. The Labute approximate surface area is 105 Å². The average molecular weight is 273 g/mol. The Hall–Kier alpha value is -1.80. The Bertz CT molecular complexity index is 542. The second-order valence-electron chi connectivity index (χ2n) is 3.59. The molecule has 0 bridgehead atoms. The van der Waals surface area contributed by atoms with Gasteiger partial charge in [0.2, 0.25) is 10.0 Å². The molecule has 0 saturated heterocycles. The Balaban J connectivity index is 2.79. The number of rotatable bonds is 5. The molecule has 0 aromatic heterocycles. The number of nitrogens with two attached hydrogens (primary N) is 2. The summed E-state index contributed by atoms with van der Waals surface area (Å²) >= 11 is 0. The number of esters is 1. The van der Waals surface area contributed by atoms with Crippen molar-refractivity contribution in [2.24, 2.45) is 5.14 Å². The number of carbonyl (C=O) groups excluding carboxylic acids is 1. The maximum Gasteiger partial charge on any atom is 0.337 e. The third kappa shape index (κ3) is 4.22. The highest BCUT2D eigenvalue weighted by atomic mass is 32.2. The lowest BCUT2D eigenvalue weighted by molar-refractivity contribution is 0.0601. The molecule has 0 heterocycles. The Morgan fingerprint density at radius 2 is 2.11 bits per heavy atom. The van der Waals surface area contributed by atoms with E-state index >= 15 is 0 Å². The van der Waals surface area contributed by atoms with Gasteiger partial charge in [0.15, 0.2) is 0 Å². The normalized spacial score (nSPS) is 11.0. The van der Waals surface area contributed by atoms with Crippen LogP contribution in [-0.2, 0) is 14.8 Å². The standard InChI is InChI=1S/C10H15N3O4S/c1-17-10(14)7-2-3-8(11)9(6-7)13-4-5-18(12,15)16/h2-3,6,13H,4-5,11H2,1H3,(H2,12,15,16). The SMILES string of the molecule is COC(=O)c1ccc(N)c(NCCS(N)(=O)=O)c1. The maximum absolute atomic E-state index is 11.3. The number of sulfonamides is 1. The number of benzene rings is 1. The molecule has 100 valence electrons. The zero-order chi connectivity index (χ0) is 13.8. The minimum atomic E-state index is -3.53. The molecule has 0 amide bonds. The summed E-state index contributed by atoms with van der Waals surface area (Å²) in [6.45, 7) is 0.105. The average Bonchev–Trinajstić information content (AvgIpc) is 2.29. The highest BCUT2D eigenvalue weighted by Gasteiger charge is 2.09. The lowest BCUT2D eigenvalue weighted by Crippen LogP contribution is -2.22. The van der Waals surface area contributed by atoms with E-state index in [9.17, 15) is 13.2 Å². The Kier molecular flexibility index (Phi) is 4.51. The van der Waals surface area contributed by atoms with Crippen LogP contribution in [0.2, 0.25) is 0 Å². The predicted molar refractivity (Wildman–Crippen MR) is 68.7 cm³/mol. The third-order valence-corrected chi connectivity index (χ3v) is 2.95. The van der Waals surface area contributed by atoms with Gasteiger partial charge >= 0.3 is 5.97 Å². The van der Waals surface area contributed by atoms with Gasteiger partial charge in [0.1, 0.15) is 0 Å². The molecule has 8 heteroatoms. The van der Waals surface area contributed by atoms with Crippen molar-refractivity contribution in [3.05, 3.63) is 23.8 Å². The summed E-state index contributed by atoms with van der Waals surface area (Å²) in [4.78, 5) is 11.3. The van der Waals surface area contributed by atoms with Crippen molar-refractivity contribution in [1.29, 1.82) is 0 Å². The van der Waals surface area contributed by atoms with E-state index in [0.717, 1.165) is 0 Å². The fourth-order valence-corrected chi connectivity index (χ4v) is 1.67.